The van der Waals surface area contributed by atoms with Gasteiger partial charge in [-0.3, -0.25) is 14.6 Å². The van der Waals surface area contributed by atoms with Crippen molar-refractivity contribution in [3.05, 3.63) is 57.7 Å². The van der Waals surface area contributed by atoms with E-state index in [0.717, 1.165) is 0 Å². The van der Waals surface area contributed by atoms with Crippen molar-refractivity contribution in [2.24, 2.45) is 5.92 Å². The lowest BCUT2D eigenvalue weighted by molar-refractivity contribution is -0.139. The third kappa shape index (κ3) is 6.60. The van der Waals surface area contributed by atoms with Crippen molar-refractivity contribution in [2.75, 3.05) is 45.9 Å². The van der Waals surface area contributed by atoms with E-state index in [1.165, 1.54) is 4.90 Å². The van der Waals surface area contributed by atoms with E-state index in [2.05, 4.69) is 16.8 Å². The average Bonchev–Trinajstić information content (AvgIpc) is 2.83. The Bertz CT molecular complexity index is 1030. The summed E-state index contributed by atoms with van der Waals surface area (Å²) in [5.41, 5.74) is 1.52. The van der Waals surface area contributed by atoms with Crippen LogP contribution in [0.4, 0.5) is 4.79 Å². The first-order valence-electron chi connectivity index (χ1n) is 12.2. The molecule has 1 saturated heterocycles. The summed E-state index contributed by atoms with van der Waals surface area (Å²) in [6.07, 6.45) is 2.14. The second kappa shape index (κ2) is 12.6. The van der Waals surface area contributed by atoms with Crippen LogP contribution in [0.25, 0.3) is 0 Å². The van der Waals surface area contributed by atoms with Gasteiger partial charge in [0.25, 0.3) is 0 Å². The molecular formula is C26H34Cl2N4O4. The smallest absolute Gasteiger partial charge is 0.338 e. The number of esters is 1. The molecule has 0 saturated carbocycles. The van der Waals surface area contributed by atoms with Crippen LogP contribution in [0.5, 0.6) is 0 Å². The van der Waals surface area contributed by atoms with E-state index in [4.69, 9.17) is 27.9 Å². The van der Waals surface area contributed by atoms with E-state index in [-0.39, 0.29) is 25.1 Å². The molecule has 0 aliphatic carbocycles. The lowest BCUT2D eigenvalue weighted by Gasteiger charge is -2.40. The maximum absolute atomic E-state index is 13.3. The Labute approximate surface area is 222 Å². The van der Waals surface area contributed by atoms with Crippen molar-refractivity contribution in [2.45, 2.75) is 33.2 Å². The fourth-order valence-electron chi connectivity index (χ4n) is 4.43. The molecule has 2 aliphatic heterocycles. The van der Waals surface area contributed by atoms with Crippen molar-refractivity contribution in [1.29, 1.82) is 0 Å². The first-order chi connectivity index (χ1) is 17.2. The van der Waals surface area contributed by atoms with Gasteiger partial charge in [0.1, 0.15) is 0 Å². The van der Waals surface area contributed by atoms with E-state index in [1.54, 1.807) is 31.2 Å². The molecule has 1 unspecified atom stereocenters. The molecule has 3 rings (SSSR count). The summed E-state index contributed by atoms with van der Waals surface area (Å²) < 4.78 is 5.42. The Morgan fingerprint density at radius 2 is 1.89 bits per heavy atom. The van der Waals surface area contributed by atoms with Gasteiger partial charge in [-0.15, -0.1) is 6.58 Å². The van der Waals surface area contributed by atoms with Crippen LogP contribution in [0, 0.1) is 5.92 Å². The summed E-state index contributed by atoms with van der Waals surface area (Å²) in [5, 5.41) is 3.62. The topological polar surface area (TPSA) is 82.2 Å². The predicted octanol–water partition coefficient (Wildman–Crippen LogP) is 4.25. The van der Waals surface area contributed by atoms with Gasteiger partial charge in [-0.2, -0.15) is 0 Å². The molecule has 0 aromatic heterocycles. The number of ether oxygens (including phenoxy) is 1. The molecule has 2 heterocycles. The fourth-order valence-corrected chi connectivity index (χ4v) is 4.74. The summed E-state index contributed by atoms with van der Waals surface area (Å²) >= 11 is 12.4. The summed E-state index contributed by atoms with van der Waals surface area (Å²) in [6, 6.07) is 3.92. The number of amides is 3. The quantitative estimate of drug-likeness (QED) is 0.376. The van der Waals surface area contributed by atoms with Crippen LogP contribution >= 0.6 is 23.2 Å². The van der Waals surface area contributed by atoms with E-state index in [9.17, 15) is 14.4 Å². The van der Waals surface area contributed by atoms with Gasteiger partial charge in [-0.25, -0.2) is 9.59 Å². The van der Waals surface area contributed by atoms with Gasteiger partial charge < -0.3 is 15.0 Å². The minimum Gasteiger partial charge on any atom is -0.463 e. The second-order valence-corrected chi connectivity index (χ2v) is 10.1. The summed E-state index contributed by atoms with van der Waals surface area (Å²) in [6.45, 7) is 12.8. The highest BCUT2D eigenvalue weighted by Crippen LogP contribution is 2.35. The van der Waals surface area contributed by atoms with Gasteiger partial charge in [-0.1, -0.05) is 49.2 Å². The maximum atomic E-state index is 13.3. The SMILES string of the molecule is C=CCN1C(=O)NC(c2ccc(Cl)c(Cl)c2)C(C(=O)OCC)=C1CN1CCN(C(=O)CC(C)C)CC1. The van der Waals surface area contributed by atoms with Crippen molar-refractivity contribution in [3.8, 4) is 0 Å². The van der Waals surface area contributed by atoms with Crippen molar-refractivity contribution in [1.82, 2.24) is 20.0 Å². The number of carbonyl (C=O) groups excluding carboxylic acids is 3. The van der Waals surface area contributed by atoms with Crippen molar-refractivity contribution in [3.63, 3.8) is 0 Å². The van der Waals surface area contributed by atoms with Crippen LogP contribution in [0.15, 0.2) is 42.1 Å². The van der Waals surface area contributed by atoms with E-state index < -0.39 is 12.0 Å². The van der Waals surface area contributed by atoms with Gasteiger partial charge in [0.2, 0.25) is 5.91 Å². The Balaban J connectivity index is 1.96. The molecule has 0 spiro atoms. The Morgan fingerprint density at radius 3 is 2.47 bits per heavy atom. The highest BCUT2D eigenvalue weighted by atomic mass is 35.5. The number of benzene rings is 1. The first kappa shape index (κ1) is 28.0. The van der Waals surface area contributed by atoms with Crippen LogP contribution < -0.4 is 5.32 Å². The molecule has 196 valence electrons. The molecule has 2 aliphatic rings. The zero-order chi connectivity index (χ0) is 26.4. The highest BCUT2D eigenvalue weighted by molar-refractivity contribution is 6.42. The third-order valence-electron chi connectivity index (χ3n) is 6.20. The maximum Gasteiger partial charge on any atom is 0.338 e. The summed E-state index contributed by atoms with van der Waals surface area (Å²) in [7, 11) is 0. The van der Waals surface area contributed by atoms with E-state index >= 15 is 0 Å². The Morgan fingerprint density at radius 1 is 1.19 bits per heavy atom. The number of hydrogen-bond acceptors (Lipinski definition) is 5. The minimum absolute atomic E-state index is 0.154. The monoisotopic (exact) mass is 536 g/mol. The van der Waals surface area contributed by atoms with Gasteiger partial charge in [0.05, 0.1) is 28.3 Å². The molecule has 1 N–H and O–H groups in total. The number of urea groups is 1. The third-order valence-corrected chi connectivity index (χ3v) is 6.94. The molecule has 1 fully saturated rings. The zero-order valence-electron chi connectivity index (χ0n) is 21.1. The number of rotatable bonds is 9. The van der Waals surface area contributed by atoms with Crippen LogP contribution in [0.2, 0.25) is 10.0 Å². The van der Waals surface area contributed by atoms with Crippen LogP contribution in [0.3, 0.4) is 0 Å². The van der Waals surface area contributed by atoms with E-state index in [0.29, 0.717) is 71.9 Å². The lowest BCUT2D eigenvalue weighted by Crippen LogP contribution is -2.54. The van der Waals surface area contributed by atoms with Crippen LogP contribution in [-0.4, -0.2) is 78.5 Å². The average molecular weight is 537 g/mol. The molecule has 1 aromatic rings. The fraction of sp³-hybridized carbons (Fsp3) is 0.500. The zero-order valence-corrected chi connectivity index (χ0v) is 22.6. The number of halogens is 2. The largest absolute Gasteiger partial charge is 0.463 e. The molecule has 3 amide bonds. The number of piperazine rings is 1. The second-order valence-electron chi connectivity index (χ2n) is 9.29. The molecule has 8 nitrogen and oxygen atoms in total. The van der Waals surface area contributed by atoms with Crippen LogP contribution in [0.1, 0.15) is 38.8 Å². The molecule has 0 radical (unpaired) electrons. The molecule has 36 heavy (non-hydrogen) atoms. The number of carbonyl (C=O) groups is 3. The standard InChI is InChI=1S/C26H34Cl2N4O4/c1-5-9-32-21(16-30-10-12-31(13-11-30)22(33)14-17(3)4)23(25(34)36-6-2)24(29-26(32)35)18-7-8-19(27)20(28)15-18/h5,7-8,15,17,24H,1,6,9-14,16H2,2-4H3,(H,29,35). The lowest BCUT2D eigenvalue weighted by atomic mass is 9.94. The number of nitrogens with one attached hydrogen (secondary N) is 1. The van der Waals surface area contributed by atoms with Crippen LogP contribution in [-0.2, 0) is 14.3 Å². The predicted molar refractivity (Wildman–Crippen MR) is 141 cm³/mol. The van der Waals surface area contributed by atoms with Crippen molar-refractivity contribution >= 4 is 41.1 Å². The Hall–Kier alpha value is -2.55. The molecule has 1 aromatic carbocycles. The highest BCUT2D eigenvalue weighted by Gasteiger charge is 2.39. The van der Waals surface area contributed by atoms with Gasteiger partial charge >= 0.3 is 12.0 Å². The normalized spacial score (nSPS) is 18.9. The molecular weight excluding hydrogens is 503 g/mol. The Kier molecular flexibility index (Phi) is 9.82. The number of nitrogens with zero attached hydrogens (tertiary/aromatic N) is 3. The van der Waals surface area contributed by atoms with Gasteiger partial charge in [-0.05, 0) is 30.5 Å². The van der Waals surface area contributed by atoms with E-state index in [1.807, 2.05) is 18.7 Å². The molecule has 10 heteroatoms. The summed E-state index contributed by atoms with van der Waals surface area (Å²) in [4.78, 5) is 44.5. The minimum atomic E-state index is -0.753. The first-order valence-corrected chi connectivity index (χ1v) is 13.0. The number of hydrogen-bond donors (Lipinski definition) is 1. The van der Waals surface area contributed by atoms with Gasteiger partial charge in [0.15, 0.2) is 0 Å². The van der Waals surface area contributed by atoms with Gasteiger partial charge in [0, 0.05) is 51.4 Å². The molecule has 0 bridgehead atoms. The summed E-state index contributed by atoms with van der Waals surface area (Å²) in [5.74, 6) is -0.0520. The van der Waals surface area contributed by atoms with Crippen molar-refractivity contribution < 1.29 is 19.1 Å². The molecule has 1 atom stereocenters.